The molecule has 2 heterocycles. The van der Waals surface area contributed by atoms with E-state index in [1.807, 2.05) is 13.8 Å². The zero-order valence-electron chi connectivity index (χ0n) is 19.9. The quantitative estimate of drug-likeness (QED) is 0.400. The van der Waals surface area contributed by atoms with Gasteiger partial charge < -0.3 is 14.2 Å². The largest absolute Gasteiger partial charge is 0.466 e. The number of thioether (sulfide) groups is 1. The molecule has 0 bridgehead atoms. The van der Waals surface area contributed by atoms with Crippen LogP contribution >= 0.6 is 11.8 Å². The summed E-state index contributed by atoms with van der Waals surface area (Å²) in [5.41, 5.74) is 2.71. The molecule has 4 rings (SSSR count). The van der Waals surface area contributed by atoms with Gasteiger partial charge in [0.25, 0.3) is 0 Å². The number of aromatic nitrogens is 2. The van der Waals surface area contributed by atoms with Gasteiger partial charge in [-0.05, 0) is 49.4 Å². The van der Waals surface area contributed by atoms with Gasteiger partial charge in [-0.2, -0.15) is 11.8 Å². The highest BCUT2D eigenvalue weighted by Gasteiger charge is 2.45. The van der Waals surface area contributed by atoms with Gasteiger partial charge in [-0.1, -0.05) is 24.3 Å². The second-order valence-electron chi connectivity index (χ2n) is 8.19. The molecule has 0 aliphatic carbocycles. The molecule has 0 amide bonds. The van der Waals surface area contributed by atoms with Crippen molar-refractivity contribution < 1.29 is 27.0 Å². The molecule has 7 nitrogen and oxygen atoms in total. The molecule has 1 aliphatic heterocycles. The summed E-state index contributed by atoms with van der Waals surface area (Å²) in [4.78, 5) is 0.220. The highest BCUT2D eigenvalue weighted by atomic mass is 32.2. The molecule has 1 unspecified atom stereocenters. The summed E-state index contributed by atoms with van der Waals surface area (Å²) in [6.07, 6.45) is 1.43. The van der Waals surface area contributed by atoms with Crippen molar-refractivity contribution in [2.75, 3.05) is 31.0 Å². The Labute approximate surface area is 209 Å². The molecule has 188 valence electrons. The fourth-order valence-corrected chi connectivity index (χ4v) is 5.95. The third-order valence-electron chi connectivity index (χ3n) is 5.82. The van der Waals surface area contributed by atoms with Gasteiger partial charge in [0, 0.05) is 37.2 Å². The molecule has 1 fully saturated rings. The van der Waals surface area contributed by atoms with Crippen LogP contribution in [0.15, 0.2) is 53.4 Å². The molecule has 0 saturated carbocycles. The fraction of sp³-hybridized carbons (Fsp3) is 0.400. The number of rotatable bonds is 9. The van der Waals surface area contributed by atoms with E-state index in [4.69, 9.17) is 14.2 Å². The molecule has 1 aliphatic rings. The first kappa shape index (κ1) is 25.7. The van der Waals surface area contributed by atoms with Crippen LogP contribution in [0, 0.1) is 5.82 Å². The van der Waals surface area contributed by atoms with E-state index in [9.17, 15) is 12.8 Å². The van der Waals surface area contributed by atoms with Crippen LogP contribution in [0.2, 0.25) is 0 Å². The number of aromatic amines is 1. The van der Waals surface area contributed by atoms with Gasteiger partial charge in [0.05, 0.1) is 16.2 Å². The van der Waals surface area contributed by atoms with E-state index in [0.717, 1.165) is 11.3 Å². The standard InChI is InChI=1S/C25H29FN2O5S2/c1-4-31-25(32-5-2)14-15-34-16-21(25)33-24-22(17-6-10-19(26)11-7-17)23(27-28-24)18-8-12-20(13-9-18)35(3,29)30/h6-13,21H,4-5,14-16H2,1-3H3,(H,27,28). The molecule has 2 aromatic carbocycles. The van der Waals surface area contributed by atoms with Crippen LogP contribution in [-0.4, -0.2) is 61.5 Å². The van der Waals surface area contributed by atoms with Crippen molar-refractivity contribution in [2.24, 2.45) is 0 Å². The Morgan fingerprint density at radius 3 is 2.29 bits per heavy atom. The van der Waals surface area contributed by atoms with Gasteiger partial charge >= 0.3 is 0 Å². The zero-order valence-corrected chi connectivity index (χ0v) is 21.5. The molecule has 1 atom stereocenters. The Kier molecular flexibility index (Phi) is 7.85. The van der Waals surface area contributed by atoms with Crippen molar-refractivity contribution in [3.63, 3.8) is 0 Å². The van der Waals surface area contributed by atoms with Crippen LogP contribution in [0.4, 0.5) is 4.39 Å². The maximum atomic E-state index is 13.7. The summed E-state index contributed by atoms with van der Waals surface area (Å²) in [7, 11) is -3.33. The number of ether oxygens (including phenoxy) is 3. The van der Waals surface area contributed by atoms with E-state index < -0.39 is 21.7 Å². The molecule has 10 heteroatoms. The average Bonchev–Trinajstić information content (AvgIpc) is 3.24. The summed E-state index contributed by atoms with van der Waals surface area (Å²) >= 11 is 1.76. The highest BCUT2D eigenvalue weighted by molar-refractivity contribution is 7.99. The van der Waals surface area contributed by atoms with Crippen LogP contribution < -0.4 is 4.74 Å². The summed E-state index contributed by atoms with van der Waals surface area (Å²) in [6, 6.07) is 12.6. The lowest BCUT2D eigenvalue weighted by atomic mass is 10.0. The van der Waals surface area contributed by atoms with E-state index in [1.165, 1.54) is 18.4 Å². The predicted molar refractivity (Wildman–Crippen MR) is 135 cm³/mol. The molecule has 0 spiro atoms. The van der Waals surface area contributed by atoms with Crippen molar-refractivity contribution in [3.8, 4) is 28.3 Å². The third kappa shape index (κ3) is 5.55. The van der Waals surface area contributed by atoms with Gasteiger partial charge in [0.15, 0.2) is 15.9 Å². The zero-order chi connectivity index (χ0) is 25.1. The first-order valence-corrected chi connectivity index (χ1v) is 14.5. The Balaban J connectivity index is 1.77. The Morgan fingerprint density at radius 1 is 1.06 bits per heavy atom. The second-order valence-corrected chi connectivity index (χ2v) is 11.4. The minimum absolute atomic E-state index is 0.220. The predicted octanol–water partition coefficient (Wildman–Crippen LogP) is 4.94. The van der Waals surface area contributed by atoms with E-state index in [0.29, 0.717) is 48.1 Å². The Hall–Kier alpha value is -2.40. The smallest absolute Gasteiger partial charge is 0.241 e. The second kappa shape index (κ2) is 10.7. The van der Waals surface area contributed by atoms with Gasteiger partial charge in [-0.3, -0.25) is 5.10 Å². The van der Waals surface area contributed by atoms with Gasteiger partial charge in [0.1, 0.15) is 5.82 Å². The Morgan fingerprint density at radius 2 is 1.69 bits per heavy atom. The van der Waals surface area contributed by atoms with E-state index >= 15 is 0 Å². The Bertz CT molecular complexity index is 1230. The van der Waals surface area contributed by atoms with Gasteiger partial charge in [-0.25, -0.2) is 12.8 Å². The number of nitrogens with one attached hydrogen (secondary N) is 1. The minimum Gasteiger partial charge on any atom is -0.466 e. The van der Waals surface area contributed by atoms with Crippen molar-refractivity contribution in [3.05, 3.63) is 54.3 Å². The molecule has 1 saturated heterocycles. The number of nitrogens with zero attached hydrogens (tertiary/aromatic N) is 1. The lowest BCUT2D eigenvalue weighted by Gasteiger charge is -2.42. The topological polar surface area (TPSA) is 90.5 Å². The lowest BCUT2D eigenvalue weighted by molar-refractivity contribution is -0.272. The van der Waals surface area contributed by atoms with Crippen LogP contribution in [0.5, 0.6) is 5.88 Å². The third-order valence-corrected chi connectivity index (χ3v) is 7.98. The first-order chi connectivity index (χ1) is 16.8. The summed E-state index contributed by atoms with van der Waals surface area (Å²) in [6.45, 7) is 4.81. The summed E-state index contributed by atoms with van der Waals surface area (Å²) in [5.74, 6) is 0.659. The van der Waals surface area contributed by atoms with Crippen molar-refractivity contribution >= 4 is 21.6 Å². The average molecular weight is 521 g/mol. The number of halogens is 1. The molecule has 1 N–H and O–H groups in total. The molecule has 1 aromatic heterocycles. The van der Waals surface area contributed by atoms with Gasteiger partial charge in [0.2, 0.25) is 11.7 Å². The highest BCUT2D eigenvalue weighted by Crippen LogP contribution is 2.41. The monoisotopic (exact) mass is 520 g/mol. The molecule has 35 heavy (non-hydrogen) atoms. The van der Waals surface area contributed by atoms with Crippen molar-refractivity contribution in [1.29, 1.82) is 0 Å². The van der Waals surface area contributed by atoms with Crippen molar-refractivity contribution in [2.45, 2.75) is 37.1 Å². The van der Waals surface area contributed by atoms with E-state index in [1.54, 1.807) is 48.2 Å². The summed E-state index contributed by atoms with van der Waals surface area (Å²) in [5, 5.41) is 7.50. The maximum absolute atomic E-state index is 13.7. The first-order valence-electron chi connectivity index (χ1n) is 11.4. The number of benzene rings is 2. The SMILES string of the molecule is CCOC1(OCC)CCSCC1Oc1n[nH]c(-c2ccc(S(C)(=O)=O)cc2)c1-c1ccc(F)cc1. The number of hydrogen-bond donors (Lipinski definition) is 1. The van der Waals surface area contributed by atoms with Crippen LogP contribution in [0.3, 0.4) is 0 Å². The molecular formula is C25H29FN2O5S2. The van der Waals surface area contributed by atoms with E-state index in [-0.39, 0.29) is 10.7 Å². The normalized spacial score (nSPS) is 17.9. The molecular weight excluding hydrogens is 491 g/mol. The number of hydrogen-bond acceptors (Lipinski definition) is 7. The van der Waals surface area contributed by atoms with Crippen molar-refractivity contribution in [1.82, 2.24) is 10.2 Å². The van der Waals surface area contributed by atoms with E-state index in [2.05, 4.69) is 10.2 Å². The number of H-pyrrole nitrogens is 1. The molecule has 3 aromatic rings. The molecule has 0 radical (unpaired) electrons. The number of sulfone groups is 1. The minimum atomic E-state index is -3.33. The van der Waals surface area contributed by atoms with Crippen LogP contribution in [0.1, 0.15) is 20.3 Å². The fourth-order valence-electron chi connectivity index (χ4n) is 4.18. The maximum Gasteiger partial charge on any atom is 0.241 e. The van der Waals surface area contributed by atoms with Crippen LogP contribution in [0.25, 0.3) is 22.4 Å². The lowest BCUT2D eigenvalue weighted by Crippen LogP contribution is -2.54. The van der Waals surface area contributed by atoms with Crippen LogP contribution in [-0.2, 0) is 19.3 Å². The summed E-state index contributed by atoms with van der Waals surface area (Å²) < 4.78 is 56.1. The van der Waals surface area contributed by atoms with Gasteiger partial charge in [-0.15, -0.1) is 5.10 Å².